The number of nitrogens with one attached hydrogen (secondary N) is 1. The Labute approximate surface area is 105 Å². The van der Waals surface area contributed by atoms with Crippen LogP contribution in [0.4, 0.5) is 0 Å². The van der Waals surface area contributed by atoms with Crippen molar-refractivity contribution in [3.63, 3.8) is 0 Å². The van der Waals surface area contributed by atoms with Crippen LogP contribution in [0.25, 0.3) is 0 Å². The Bertz CT molecular complexity index is 219. The van der Waals surface area contributed by atoms with Gasteiger partial charge in [0.1, 0.15) is 0 Å². The molecule has 1 aliphatic heterocycles. The average molecular weight is 241 g/mol. The van der Waals surface area contributed by atoms with Crippen molar-refractivity contribution in [1.82, 2.24) is 5.32 Å². The lowest BCUT2D eigenvalue weighted by molar-refractivity contribution is -0.109. The Balaban J connectivity index is 1.76. The summed E-state index contributed by atoms with van der Waals surface area (Å²) in [5.41, 5.74) is 0.193. The molecule has 3 heteroatoms. The highest BCUT2D eigenvalue weighted by Gasteiger charge is 2.38. The van der Waals surface area contributed by atoms with Crippen LogP contribution in [0.1, 0.15) is 58.3 Å². The van der Waals surface area contributed by atoms with E-state index in [1.54, 1.807) is 0 Å². The molecule has 0 aromatic carbocycles. The third-order valence-electron chi connectivity index (χ3n) is 4.25. The van der Waals surface area contributed by atoms with Crippen molar-refractivity contribution in [2.45, 2.75) is 76.0 Å². The Morgan fingerprint density at radius 1 is 1.35 bits per heavy atom. The fourth-order valence-corrected chi connectivity index (χ4v) is 3.24. The molecular weight excluding hydrogens is 214 g/mol. The molecule has 2 unspecified atom stereocenters. The van der Waals surface area contributed by atoms with Crippen LogP contribution in [-0.4, -0.2) is 36.0 Å². The number of ether oxygens (including phenoxy) is 1. The molecule has 3 nitrogen and oxygen atoms in total. The second-order valence-corrected chi connectivity index (χ2v) is 5.87. The summed E-state index contributed by atoms with van der Waals surface area (Å²) in [7, 11) is 0. The third kappa shape index (κ3) is 3.94. The summed E-state index contributed by atoms with van der Waals surface area (Å²) >= 11 is 0. The normalized spacial score (nSPS) is 30.4. The third-order valence-corrected chi connectivity index (χ3v) is 4.25. The Morgan fingerprint density at radius 3 is 2.82 bits per heavy atom. The molecule has 2 fully saturated rings. The van der Waals surface area contributed by atoms with Crippen LogP contribution in [-0.2, 0) is 4.74 Å². The van der Waals surface area contributed by atoms with Gasteiger partial charge in [0.05, 0.1) is 11.7 Å². The van der Waals surface area contributed by atoms with Crippen molar-refractivity contribution < 1.29 is 9.84 Å². The van der Waals surface area contributed by atoms with Crippen molar-refractivity contribution in [2.75, 3.05) is 13.2 Å². The number of rotatable bonds is 4. The molecule has 100 valence electrons. The predicted octanol–water partition coefficient (Wildman–Crippen LogP) is 2.23. The Morgan fingerprint density at radius 2 is 2.12 bits per heavy atom. The number of aliphatic hydroxyl groups excluding tert-OH is 1. The predicted molar refractivity (Wildman–Crippen MR) is 69.1 cm³/mol. The van der Waals surface area contributed by atoms with Crippen molar-refractivity contribution >= 4 is 0 Å². The van der Waals surface area contributed by atoms with E-state index in [-0.39, 0.29) is 11.7 Å². The maximum atomic E-state index is 9.26. The first-order valence-corrected chi connectivity index (χ1v) is 7.26. The minimum Gasteiger partial charge on any atom is -0.393 e. The maximum Gasteiger partial charge on any atom is 0.0697 e. The molecule has 1 heterocycles. The smallest absolute Gasteiger partial charge is 0.0697 e. The van der Waals surface area contributed by atoms with Gasteiger partial charge < -0.3 is 15.2 Å². The average Bonchev–Trinajstić information content (AvgIpc) is 2.29. The number of hydrogen-bond donors (Lipinski definition) is 2. The van der Waals surface area contributed by atoms with Gasteiger partial charge in [-0.2, -0.15) is 0 Å². The van der Waals surface area contributed by atoms with Crippen LogP contribution in [0, 0.1) is 0 Å². The maximum absolute atomic E-state index is 9.26. The zero-order valence-electron chi connectivity index (χ0n) is 11.1. The molecule has 1 aliphatic carbocycles. The van der Waals surface area contributed by atoms with Gasteiger partial charge in [-0.25, -0.2) is 0 Å². The Hall–Kier alpha value is -0.120. The second kappa shape index (κ2) is 6.17. The van der Waals surface area contributed by atoms with Crippen LogP contribution in [0.5, 0.6) is 0 Å². The molecule has 1 saturated carbocycles. The van der Waals surface area contributed by atoms with Crippen molar-refractivity contribution in [3.05, 3.63) is 0 Å². The molecular formula is C14H27NO2. The molecule has 17 heavy (non-hydrogen) atoms. The largest absolute Gasteiger partial charge is 0.393 e. The van der Waals surface area contributed by atoms with E-state index in [1.165, 1.54) is 38.5 Å². The van der Waals surface area contributed by atoms with E-state index in [0.717, 1.165) is 26.0 Å². The van der Waals surface area contributed by atoms with E-state index < -0.39 is 0 Å². The summed E-state index contributed by atoms with van der Waals surface area (Å²) in [5.74, 6) is 0. The second-order valence-electron chi connectivity index (χ2n) is 5.87. The van der Waals surface area contributed by atoms with E-state index in [1.807, 2.05) is 6.92 Å². The van der Waals surface area contributed by atoms with Gasteiger partial charge in [-0.3, -0.25) is 0 Å². The minimum atomic E-state index is -0.189. The zero-order valence-corrected chi connectivity index (χ0v) is 11.1. The molecule has 0 aromatic rings. The lowest BCUT2D eigenvalue weighted by Crippen LogP contribution is -2.48. The zero-order chi connectivity index (χ0) is 12.1. The molecule has 2 atom stereocenters. The molecule has 1 saturated heterocycles. The molecule has 0 bridgehead atoms. The molecule has 2 rings (SSSR count). The standard InChI is InChI=1S/C14H27NO2/c1-12(16)5-9-15-13-6-10-17-14(11-13)7-3-2-4-8-14/h12-13,15-16H,2-11H2,1H3. The molecule has 2 N–H and O–H groups in total. The monoisotopic (exact) mass is 241 g/mol. The van der Waals surface area contributed by atoms with Crippen LogP contribution >= 0.6 is 0 Å². The number of hydrogen-bond acceptors (Lipinski definition) is 3. The lowest BCUT2D eigenvalue weighted by Gasteiger charge is -2.43. The fraction of sp³-hybridized carbons (Fsp3) is 1.00. The molecule has 0 amide bonds. The van der Waals surface area contributed by atoms with E-state index in [0.29, 0.717) is 6.04 Å². The summed E-state index contributed by atoms with van der Waals surface area (Å²) in [4.78, 5) is 0. The quantitative estimate of drug-likeness (QED) is 0.793. The van der Waals surface area contributed by atoms with Crippen LogP contribution in [0.15, 0.2) is 0 Å². The van der Waals surface area contributed by atoms with E-state index in [2.05, 4.69) is 5.32 Å². The van der Waals surface area contributed by atoms with Crippen molar-refractivity contribution in [2.24, 2.45) is 0 Å². The van der Waals surface area contributed by atoms with Crippen molar-refractivity contribution in [1.29, 1.82) is 0 Å². The van der Waals surface area contributed by atoms with E-state index >= 15 is 0 Å². The first-order valence-electron chi connectivity index (χ1n) is 7.26. The van der Waals surface area contributed by atoms with Gasteiger partial charge in [-0.1, -0.05) is 19.3 Å². The summed E-state index contributed by atoms with van der Waals surface area (Å²) in [5, 5.41) is 12.8. The summed E-state index contributed by atoms with van der Waals surface area (Å²) in [6.45, 7) is 3.69. The van der Waals surface area contributed by atoms with Crippen LogP contribution < -0.4 is 5.32 Å². The fourth-order valence-electron chi connectivity index (χ4n) is 3.24. The highest BCUT2D eigenvalue weighted by atomic mass is 16.5. The molecule has 0 aromatic heterocycles. The molecule has 0 radical (unpaired) electrons. The lowest BCUT2D eigenvalue weighted by atomic mass is 9.78. The van der Waals surface area contributed by atoms with Gasteiger partial charge in [-0.05, 0) is 45.6 Å². The molecule has 1 spiro atoms. The van der Waals surface area contributed by atoms with Gasteiger partial charge in [0, 0.05) is 12.6 Å². The minimum absolute atomic E-state index is 0.189. The summed E-state index contributed by atoms with van der Waals surface area (Å²) < 4.78 is 6.07. The van der Waals surface area contributed by atoms with Gasteiger partial charge in [0.15, 0.2) is 0 Å². The first-order chi connectivity index (χ1) is 8.20. The first kappa shape index (κ1) is 13.3. The van der Waals surface area contributed by atoms with Crippen LogP contribution in [0.2, 0.25) is 0 Å². The van der Waals surface area contributed by atoms with Crippen LogP contribution in [0.3, 0.4) is 0 Å². The van der Waals surface area contributed by atoms with E-state index in [4.69, 9.17) is 4.74 Å². The number of aliphatic hydroxyl groups is 1. The van der Waals surface area contributed by atoms with Gasteiger partial charge in [0.25, 0.3) is 0 Å². The molecule has 2 aliphatic rings. The van der Waals surface area contributed by atoms with E-state index in [9.17, 15) is 5.11 Å². The SMILES string of the molecule is CC(O)CCNC1CCOC2(CCCCC2)C1. The summed E-state index contributed by atoms with van der Waals surface area (Å²) in [6, 6.07) is 0.598. The van der Waals surface area contributed by atoms with Gasteiger partial charge >= 0.3 is 0 Å². The highest BCUT2D eigenvalue weighted by Crippen LogP contribution is 2.38. The topological polar surface area (TPSA) is 41.5 Å². The summed E-state index contributed by atoms with van der Waals surface area (Å²) in [6.07, 6.45) is 9.51. The Kier molecular flexibility index (Phi) is 4.83. The highest BCUT2D eigenvalue weighted by molar-refractivity contribution is 4.92. The van der Waals surface area contributed by atoms with Gasteiger partial charge in [-0.15, -0.1) is 0 Å². The van der Waals surface area contributed by atoms with Crippen molar-refractivity contribution in [3.8, 4) is 0 Å². The van der Waals surface area contributed by atoms with Gasteiger partial charge in [0.2, 0.25) is 0 Å².